The first kappa shape index (κ1) is 37.5. The fourth-order valence-corrected chi connectivity index (χ4v) is 3.72. The lowest BCUT2D eigenvalue weighted by Gasteiger charge is -2.23. The summed E-state index contributed by atoms with van der Waals surface area (Å²) in [6.07, 6.45) is 2.09. The number of carbonyl (C=O) groups is 4. The summed E-state index contributed by atoms with van der Waals surface area (Å²) in [4.78, 5) is 50.2. The minimum atomic E-state index is -0.725. The number of Topliss-reactive ketones (excluding diaryl/α,β-unsaturated/α-hetero) is 2. The van der Waals surface area contributed by atoms with Gasteiger partial charge in [-0.05, 0) is 37.2 Å². The molecule has 0 radical (unpaired) electrons. The average molecular weight is 538 g/mol. The van der Waals surface area contributed by atoms with E-state index in [1.807, 2.05) is 44.2 Å². The van der Waals surface area contributed by atoms with E-state index in [9.17, 15) is 19.2 Å². The molecule has 0 aromatic heterocycles. The number of benzene rings is 1. The number of ether oxygens (including phenoxy) is 1. The number of rotatable bonds is 20. The van der Waals surface area contributed by atoms with E-state index >= 15 is 0 Å². The van der Waals surface area contributed by atoms with Gasteiger partial charge in [0.2, 0.25) is 11.8 Å². The van der Waals surface area contributed by atoms with Gasteiger partial charge in [0.15, 0.2) is 5.78 Å². The van der Waals surface area contributed by atoms with Crippen molar-refractivity contribution in [2.75, 3.05) is 32.9 Å². The van der Waals surface area contributed by atoms with Crippen LogP contribution in [0, 0.1) is 11.8 Å². The third kappa shape index (κ3) is 17.0. The maximum absolute atomic E-state index is 13.1. The minimum Gasteiger partial charge on any atom is -0.396 e. The molecule has 2 unspecified atom stereocenters. The van der Waals surface area contributed by atoms with Crippen LogP contribution in [0.3, 0.4) is 0 Å². The second-order valence-electron chi connectivity index (χ2n) is 9.38. The van der Waals surface area contributed by atoms with Gasteiger partial charge in [-0.1, -0.05) is 59.0 Å². The molecule has 218 valence electrons. The highest BCUT2D eigenvalue weighted by Crippen LogP contribution is 2.16. The van der Waals surface area contributed by atoms with E-state index in [0.717, 1.165) is 5.56 Å². The van der Waals surface area contributed by atoms with Gasteiger partial charge >= 0.3 is 0 Å². The highest BCUT2D eigenvalue weighted by molar-refractivity contribution is 5.93. The lowest BCUT2D eigenvalue weighted by atomic mass is 9.91. The van der Waals surface area contributed by atoms with Crippen LogP contribution in [-0.4, -0.2) is 67.4 Å². The monoisotopic (exact) mass is 537 g/mol. The summed E-state index contributed by atoms with van der Waals surface area (Å²) in [5.41, 5.74) is 6.40. The highest BCUT2D eigenvalue weighted by atomic mass is 16.5. The van der Waals surface area contributed by atoms with Gasteiger partial charge < -0.3 is 26.2 Å². The zero-order valence-corrected chi connectivity index (χ0v) is 21.7. The van der Waals surface area contributed by atoms with E-state index in [1.54, 1.807) is 0 Å². The third-order valence-electron chi connectivity index (χ3n) is 5.64. The number of ketones is 2. The number of nitrogens with two attached hydrogens (primary N) is 1. The van der Waals surface area contributed by atoms with Crippen LogP contribution in [0.4, 0.5) is 0 Å². The van der Waals surface area contributed by atoms with Crippen molar-refractivity contribution in [1.82, 2.24) is 10.6 Å². The second kappa shape index (κ2) is 22.4. The number of amides is 2. The molecule has 38 heavy (non-hydrogen) atoms. The van der Waals surface area contributed by atoms with Crippen LogP contribution in [0.25, 0.3) is 0 Å². The zero-order valence-electron chi connectivity index (χ0n) is 21.7. The number of hydrogen-bond acceptors (Lipinski definition) is 7. The Morgan fingerprint density at radius 2 is 1.66 bits per heavy atom. The van der Waals surface area contributed by atoms with Crippen molar-refractivity contribution in [3.05, 3.63) is 35.9 Å². The van der Waals surface area contributed by atoms with Gasteiger partial charge in [-0.3, -0.25) is 19.2 Å². The van der Waals surface area contributed by atoms with Gasteiger partial charge in [0, 0.05) is 51.5 Å². The molecular formula is C29H51N3O6. The van der Waals surface area contributed by atoms with Crippen LogP contribution in [-0.2, 0) is 30.3 Å². The zero-order chi connectivity index (χ0) is 26.8. The van der Waals surface area contributed by atoms with Crippen molar-refractivity contribution in [2.45, 2.75) is 79.7 Å². The lowest BCUT2D eigenvalue weighted by Crippen LogP contribution is -2.45. The summed E-state index contributed by atoms with van der Waals surface area (Å²) < 4.78 is 5.31. The predicted octanol–water partition coefficient (Wildman–Crippen LogP) is 2.82. The summed E-state index contributed by atoms with van der Waals surface area (Å²) in [7, 11) is 0. The quantitative estimate of drug-likeness (QED) is 0.187. The SMILES string of the molecule is C.C.CC(C)CC(NC(=O)C(CC(=O)CN)Cc1ccccc1)C(=O)CCC(=O)NCCCOCCCO. The normalized spacial score (nSPS) is 12.0. The molecule has 1 aromatic carbocycles. The number of hydrogen-bond donors (Lipinski definition) is 4. The van der Waals surface area contributed by atoms with Crippen molar-refractivity contribution in [3.8, 4) is 0 Å². The first-order valence-corrected chi connectivity index (χ1v) is 12.8. The van der Waals surface area contributed by atoms with Gasteiger partial charge in [-0.25, -0.2) is 0 Å². The smallest absolute Gasteiger partial charge is 0.224 e. The van der Waals surface area contributed by atoms with Crippen molar-refractivity contribution in [1.29, 1.82) is 0 Å². The molecular weight excluding hydrogens is 486 g/mol. The molecule has 0 aliphatic carbocycles. The molecule has 1 aromatic rings. The number of aliphatic hydroxyl groups is 1. The Morgan fingerprint density at radius 3 is 2.26 bits per heavy atom. The molecule has 0 fully saturated rings. The van der Waals surface area contributed by atoms with Crippen molar-refractivity contribution in [2.24, 2.45) is 17.6 Å². The molecule has 0 heterocycles. The maximum atomic E-state index is 13.1. The van der Waals surface area contributed by atoms with E-state index in [2.05, 4.69) is 10.6 Å². The van der Waals surface area contributed by atoms with E-state index in [-0.39, 0.29) is 76.6 Å². The van der Waals surface area contributed by atoms with Gasteiger partial charge in [-0.15, -0.1) is 0 Å². The van der Waals surface area contributed by atoms with Crippen molar-refractivity contribution < 1.29 is 29.0 Å². The molecule has 2 amide bonds. The maximum Gasteiger partial charge on any atom is 0.224 e. The van der Waals surface area contributed by atoms with Crippen molar-refractivity contribution in [3.63, 3.8) is 0 Å². The Bertz CT molecular complexity index is 801. The average Bonchev–Trinajstić information content (AvgIpc) is 2.86. The number of carbonyl (C=O) groups excluding carboxylic acids is 4. The van der Waals surface area contributed by atoms with Gasteiger partial charge in [0.1, 0.15) is 5.78 Å². The summed E-state index contributed by atoms with van der Waals surface area (Å²) in [6.45, 7) is 5.27. The molecule has 0 saturated carbocycles. The van der Waals surface area contributed by atoms with E-state index < -0.39 is 12.0 Å². The fraction of sp³-hybridized carbons (Fsp3) is 0.655. The van der Waals surface area contributed by atoms with E-state index in [4.69, 9.17) is 15.6 Å². The molecule has 2 atom stereocenters. The summed E-state index contributed by atoms with van der Waals surface area (Å²) in [6, 6.07) is 8.68. The molecule has 0 bridgehead atoms. The molecule has 0 spiro atoms. The first-order valence-electron chi connectivity index (χ1n) is 12.8. The largest absolute Gasteiger partial charge is 0.396 e. The molecule has 9 nitrogen and oxygen atoms in total. The van der Waals surface area contributed by atoms with Gasteiger partial charge in [0.05, 0.1) is 12.6 Å². The number of aliphatic hydroxyl groups excluding tert-OH is 1. The van der Waals surface area contributed by atoms with Crippen LogP contribution in [0.15, 0.2) is 30.3 Å². The molecule has 5 N–H and O–H groups in total. The highest BCUT2D eigenvalue weighted by Gasteiger charge is 2.28. The summed E-state index contributed by atoms with van der Waals surface area (Å²) in [5.74, 6) is -1.49. The van der Waals surface area contributed by atoms with Gasteiger partial charge in [0.25, 0.3) is 0 Å². The van der Waals surface area contributed by atoms with Crippen LogP contribution < -0.4 is 16.4 Å². The third-order valence-corrected chi connectivity index (χ3v) is 5.64. The predicted molar refractivity (Wildman–Crippen MR) is 152 cm³/mol. The second-order valence-corrected chi connectivity index (χ2v) is 9.38. The summed E-state index contributed by atoms with van der Waals surface area (Å²) in [5, 5.41) is 14.3. The standard InChI is InChI=1S/C27H43N3O6.2CH4/c1-20(2)16-24(25(33)10-11-26(34)29-12-6-14-36-15-7-13-31)30-27(35)22(18-23(32)19-28)17-21-8-4-3-5-9-21;;/h3-5,8-9,20,22,24,31H,6-7,10-19,28H2,1-2H3,(H,29,34)(H,30,35);2*1H4. The minimum absolute atomic E-state index is 0. The lowest BCUT2D eigenvalue weighted by molar-refractivity contribution is -0.133. The Hall–Kier alpha value is -2.62. The van der Waals surface area contributed by atoms with Crippen LogP contribution in [0.1, 0.15) is 72.8 Å². The Morgan fingerprint density at radius 1 is 1.00 bits per heavy atom. The Kier molecular flexibility index (Phi) is 22.1. The van der Waals surface area contributed by atoms with Gasteiger partial charge in [-0.2, -0.15) is 0 Å². The van der Waals surface area contributed by atoms with E-state index in [0.29, 0.717) is 45.4 Å². The topological polar surface area (TPSA) is 148 Å². The molecule has 0 saturated heterocycles. The Labute approximate surface area is 229 Å². The van der Waals surface area contributed by atoms with Crippen molar-refractivity contribution >= 4 is 23.4 Å². The fourth-order valence-electron chi connectivity index (χ4n) is 3.72. The molecule has 9 heteroatoms. The van der Waals surface area contributed by atoms with Crippen LogP contribution >= 0.6 is 0 Å². The molecule has 0 aliphatic heterocycles. The first-order chi connectivity index (χ1) is 17.3. The van der Waals surface area contributed by atoms with Crippen LogP contribution in [0.5, 0.6) is 0 Å². The number of nitrogens with one attached hydrogen (secondary N) is 2. The summed E-state index contributed by atoms with van der Waals surface area (Å²) >= 11 is 0. The molecule has 0 aliphatic rings. The van der Waals surface area contributed by atoms with E-state index in [1.165, 1.54) is 0 Å². The Balaban J connectivity index is 0. The van der Waals surface area contributed by atoms with Crippen LogP contribution in [0.2, 0.25) is 0 Å². The molecule has 1 rings (SSSR count).